The molecule has 0 aromatic rings. The van der Waals surface area contributed by atoms with Crippen molar-refractivity contribution in [1.29, 1.82) is 0 Å². The minimum atomic E-state index is -5.43. The number of amides is 5. The van der Waals surface area contributed by atoms with E-state index in [9.17, 15) is 78.8 Å². The van der Waals surface area contributed by atoms with Crippen molar-refractivity contribution in [3.8, 4) is 0 Å². The number of phosphoric ester groups is 1. The molecule has 28 nitrogen and oxygen atoms in total. The van der Waals surface area contributed by atoms with Gasteiger partial charge < -0.3 is 105 Å². The molecule has 0 spiro atoms. The Bertz CT molecular complexity index is 3400. The first-order chi connectivity index (χ1) is 53.6. The summed E-state index contributed by atoms with van der Waals surface area (Å²) in [5, 5.41) is 90.7. The van der Waals surface area contributed by atoms with E-state index in [0.29, 0.717) is 12.8 Å². The fourth-order valence-corrected chi connectivity index (χ4v) is 14.5. The average Bonchev–Trinajstić information content (AvgIpc) is 0.760. The van der Waals surface area contributed by atoms with Crippen LogP contribution in [0.2, 0.25) is 0 Å². The van der Waals surface area contributed by atoms with Gasteiger partial charge in [0.25, 0.3) is 13.7 Å². The van der Waals surface area contributed by atoms with E-state index in [2.05, 4.69) is 152 Å². The van der Waals surface area contributed by atoms with E-state index >= 15 is 0 Å². The maximum absolute atomic E-state index is 13.6. The lowest BCUT2D eigenvalue weighted by Crippen LogP contribution is -2.75. The largest absolute Gasteiger partial charge is 0.756 e. The summed E-state index contributed by atoms with van der Waals surface area (Å²) in [6, 6.07) is -9.70. The van der Waals surface area contributed by atoms with Gasteiger partial charge >= 0.3 is 0 Å². The van der Waals surface area contributed by atoms with Gasteiger partial charge in [-0.1, -0.05) is 132 Å². The van der Waals surface area contributed by atoms with Gasteiger partial charge in [-0.05, 0) is 216 Å². The summed E-state index contributed by atoms with van der Waals surface area (Å²) in [5.74, 6) is -8.55. The van der Waals surface area contributed by atoms with E-state index < -0.39 is 160 Å². The summed E-state index contributed by atoms with van der Waals surface area (Å²) in [4.78, 5) is 103. The first-order valence-corrected chi connectivity index (χ1v) is 42.0. The number of hydrogen-bond donors (Lipinski definition) is 10. The number of aliphatic carboxylic acids is 2. The predicted molar refractivity (Wildman–Crippen MR) is 429 cm³/mol. The molecule has 3 fully saturated rings. The standard InChI is InChI=1S/C85H140N5O23P/c1-51(2)28-18-29-52(3)30-19-31-53(4)32-20-33-54(5)34-21-35-55(6)36-22-37-56(7)38-23-39-57(8)40-24-41-58(9)42-25-43-59(10)44-26-45-60(11)46-27-47-61(12)48-49-107-114(105,106)113-85-72(89-66(17)96)76(73(97)67(50-91)108-85)109-83-70(87-64(15)94)69(86-63(14)93)77(79(112-83)82(103)104)110-84-71(88-65(16)95)74(98)75(99)78(111-84)80(100)90-68(62(13)92)81(101)102/h30,32,34,36,38,40,42,44,46,51,61-62,67-79,83-85,91-92,97-99H,18-29,31,33,35,37,39,41,43,45,47-50H2,1-17H3,(H,86,93)(H,87,94)(H,88,95)(H,89,96)(H,90,100)(H,101,102)(H,103,104)(H,105,106)/p-3/b52-30+,53-32+,54-34-,55-36-,56-38-,57-40-,58-42-,59-44-,60-46-/t61?,62-,67-,68+,69-,70-,71-,72-,73-,74-,75+,76-,77+,78+,79+,83-,84-,85-/m1/s1. The van der Waals surface area contributed by atoms with Gasteiger partial charge in [0.2, 0.25) is 23.6 Å². The van der Waals surface area contributed by atoms with Gasteiger partial charge in [0.05, 0.1) is 43.3 Å². The van der Waals surface area contributed by atoms with Crippen molar-refractivity contribution in [3.05, 3.63) is 105 Å². The molecule has 0 aromatic carbocycles. The van der Waals surface area contributed by atoms with Crippen LogP contribution in [-0.2, 0) is 70.9 Å². The van der Waals surface area contributed by atoms with E-state index in [1.54, 1.807) is 0 Å². The molecule has 3 rings (SSSR count). The molecule has 3 heterocycles. The fraction of sp³-hybridized carbons (Fsp3) is 0.706. The third kappa shape index (κ3) is 39.3. The first-order valence-electron chi connectivity index (χ1n) is 40.6. The van der Waals surface area contributed by atoms with Crippen LogP contribution in [-0.4, -0.2) is 184 Å². The zero-order chi connectivity index (χ0) is 85.5. The second-order valence-electron chi connectivity index (χ2n) is 31.9. The Labute approximate surface area is 677 Å². The zero-order valence-corrected chi connectivity index (χ0v) is 71.6. The summed E-state index contributed by atoms with van der Waals surface area (Å²) < 4.78 is 53.7. The van der Waals surface area contributed by atoms with Gasteiger partial charge in [-0.25, -0.2) is 0 Å². The van der Waals surface area contributed by atoms with Gasteiger partial charge in [-0.2, -0.15) is 0 Å². The number of nitrogens with one attached hydrogen (secondary N) is 5. The van der Waals surface area contributed by atoms with Gasteiger partial charge in [0.1, 0.15) is 60.9 Å². The van der Waals surface area contributed by atoms with Gasteiger partial charge in [0, 0.05) is 27.7 Å². The Kier molecular flexibility index (Phi) is 47.5. The molecule has 0 saturated carbocycles. The number of ether oxygens (including phenoxy) is 5. The normalized spacial score (nSPS) is 26.6. The van der Waals surface area contributed by atoms with Gasteiger partial charge in [-0.3, -0.25) is 33.1 Å². The van der Waals surface area contributed by atoms with Crippen LogP contribution in [0, 0.1) is 11.8 Å². The highest BCUT2D eigenvalue weighted by Crippen LogP contribution is 2.44. The molecule has 3 saturated heterocycles. The second-order valence-corrected chi connectivity index (χ2v) is 33.3. The molecule has 3 aliphatic rings. The molecular weight excluding hydrogens is 1490 g/mol. The Hall–Kier alpha value is -6.34. The maximum atomic E-state index is 13.6. The molecule has 3 aliphatic heterocycles. The van der Waals surface area contributed by atoms with Crippen molar-refractivity contribution in [3.63, 3.8) is 0 Å². The Morgan fingerprint density at radius 1 is 0.447 bits per heavy atom. The lowest BCUT2D eigenvalue weighted by atomic mass is 9.91. The van der Waals surface area contributed by atoms with Gasteiger partial charge in [-0.15, -0.1) is 0 Å². The third-order valence-corrected chi connectivity index (χ3v) is 21.5. The summed E-state index contributed by atoms with van der Waals surface area (Å²) in [6.45, 7) is 30.0. The van der Waals surface area contributed by atoms with Crippen LogP contribution in [0.1, 0.15) is 259 Å². The lowest BCUT2D eigenvalue weighted by molar-refractivity contribution is -0.360. The average molecular weight is 1630 g/mol. The van der Waals surface area contributed by atoms with Crippen molar-refractivity contribution in [2.75, 3.05) is 13.2 Å². The quantitative estimate of drug-likeness (QED) is 0.0202. The van der Waals surface area contributed by atoms with Crippen LogP contribution in [0.25, 0.3) is 0 Å². The molecule has 0 aliphatic carbocycles. The molecule has 5 amide bonds. The van der Waals surface area contributed by atoms with E-state index in [4.69, 9.17) is 32.7 Å². The number of allylic oxidation sites excluding steroid dienone is 18. The molecule has 2 unspecified atom stereocenters. The van der Waals surface area contributed by atoms with Crippen LogP contribution in [0.4, 0.5) is 0 Å². The van der Waals surface area contributed by atoms with Crippen LogP contribution in [0.5, 0.6) is 0 Å². The summed E-state index contributed by atoms with van der Waals surface area (Å²) >= 11 is 0. The third-order valence-electron chi connectivity index (χ3n) is 20.5. The minimum Gasteiger partial charge on any atom is -0.756 e. The van der Waals surface area contributed by atoms with Crippen molar-refractivity contribution in [2.24, 2.45) is 11.8 Å². The van der Waals surface area contributed by atoms with Gasteiger partial charge in [0.15, 0.2) is 25.0 Å². The number of carboxylic acid groups (broad SMARTS) is 2. The molecule has 0 bridgehead atoms. The minimum absolute atomic E-state index is 0.0340. The molecule has 114 heavy (non-hydrogen) atoms. The number of carbonyl (C=O) groups excluding carboxylic acids is 7. The zero-order valence-electron chi connectivity index (χ0n) is 70.7. The Morgan fingerprint density at radius 3 is 1.20 bits per heavy atom. The molecule has 10 N–H and O–H groups in total. The smallest absolute Gasteiger partial charge is 0.270 e. The summed E-state index contributed by atoms with van der Waals surface area (Å²) in [6.07, 6.45) is 17.9. The van der Waals surface area contributed by atoms with Crippen LogP contribution in [0.15, 0.2) is 105 Å². The Morgan fingerprint density at radius 2 is 0.816 bits per heavy atom. The molecule has 0 aromatic heterocycles. The van der Waals surface area contributed by atoms with Crippen molar-refractivity contribution in [1.82, 2.24) is 26.6 Å². The van der Waals surface area contributed by atoms with Crippen LogP contribution >= 0.6 is 7.82 Å². The summed E-state index contributed by atoms with van der Waals surface area (Å²) in [5.41, 5.74) is 12.8. The second kappa shape index (κ2) is 53.2. The van der Waals surface area contributed by atoms with Crippen molar-refractivity contribution >= 4 is 49.3 Å². The molecule has 648 valence electrons. The highest BCUT2D eigenvalue weighted by molar-refractivity contribution is 7.45. The highest BCUT2D eigenvalue weighted by Gasteiger charge is 2.57. The topological polar surface area (TPSA) is 432 Å². The van der Waals surface area contributed by atoms with E-state index in [1.807, 2.05) is 12.2 Å². The summed E-state index contributed by atoms with van der Waals surface area (Å²) in [7, 11) is -5.43. The molecule has 29 heteroatoms. The number of aliphatic hydroxyl groups is 5. The number of hydrogen-bond acceptors (Lipinski definition) is 23. The monoisotopic (exact) mass is 1630 g/mol. The molecule has 19 atom stereocenters. The number of rotatable bonds is 51. The maximum Gasteiger partial charge on any atom is 0.270 e. The fourth-order valence-electron chi connectivity index (χ4n) is 13.7. The highest BCUT2D eigenvalue weighted by atomic mass is 31.2. The Balaban J connectivity index is 1.52. The molecule has 0 radical (unpaired) electrons. The SMILES string of the molecule is CC(=O)N[C@@H]1[C@@H](NC(C)=O)[C@H](O[C@H]2[C@H](O)[C@@H](CO)O[C@H](OP(=O)([O-])OCCC(C)CC/C=C(/C)CC/C=C(/C)CC/C=C(/C)CC/C=C(/C)CC/C=C(/C)CC/C=C(/C)CC/C=C(/C)CC/C=C(\C)CC/C=C(\C)CCCC(C)C)[C@@H]2NC(C)=O)O[C@H](C(=O)[O-])[C@H]1O[C@@H]1O[C@H](C(=O)N[C@H](C(=O)[O-])[C@@H](C)O)[C@@H](O)[C@H](O)[C@H]1NC(C)=O. The number of carbonyl (C=O) groups is 7. The first kappa shape index (κ1) is 102. The van der Waals surface area contributed by atoms with Crippen molar-refractivity contribution in [2.45, 2.75) is 363 Å². The predicted octanol–water partition coefficient (Wildman–Crippen LogP) is 8.28. The van der Waals surface area contributed by atoms with Crippen LogP contribution < -0.4 is 41.7 Å². The van der Waals surface area contributed by atoms with Crippen LogP contribution in [0.3, 0.4) is 0 Å². The molecular formula is C85H137N5O23P-3. The van der Waals surface area contributed by atoms with Crippen molar-refractivity contribution < 1.29 is 111 Å². The van der Waals surface area contributed by atoms with E-state index in [1.165, 1.54) is 69.4 Å². The van der Waals surface area contributed by atoms with E-state index in [0.717, 1.165) is 143 Å². The lowest BCUT2D eigenvalue weighted by Gasteiger charge is -2.51. The number of carboxylic acids is 2. The number of aliphatic hydroxyl groups excluding tert-OH is 5. The van der Waals surface area contributed by atoms with E-state index in [-0.39, 0.29) is 18.9 Å². The number of phosphoric acid groups is 1.